The van der Waals surface area contributed by atoms with Gasteiger partial charge in [0.1, 0.15) is 11.4 Å². The van der Waals surface area contributed by atoms with Crippen molar-refractivity contribution in [1.82, 2.24) is 20.3 Å². The van der Waals surface area contributed by atoms with Gasteiger partial charge in [0.15, 0.2) is 5.69 Å². The molecule has 0 atom stereocenters. The Bertz CT molecular complexity index is 1180. The zero-order chi connectivity index (χ0) is 27.0. The van der Waals surface area contributed by atoms with Gasteiger partial charge in [-0.15, -0.1) is 0 Å². The summed E-state index contributed by atoms with van der Waals surface area (Å²) in [5.41, 5.74) is 2.46. The average molecular weight is 530 g/mol. The van der Waals surface area contributed by atoms with Crippen LogP contribution in [-0.4, -0.2) is 54.8 Å². The van der Waals surface area contributed by atoms with Gasteiger partial charge in [-0.3, -0.25) is 4.79 Å². The Labute approximate surface area is 221 Å². The van der Waals surface area contributed by atoms with Crippen molar-refractivity contribution in [2.75, 3.05) is 39.2 Å². The van der Waals surface area contributed by atoms with Crippen molar-refractivity contribution < 1.29 is 23.7 Å². The van der Waals surface area contributed by atoms with Gasteiger partial charge in [0, 0.05) is 5.38 Å². The summed E-state index contributed by atoms with van der Waals surface area (Å²) in [5.74, 6) is 0.448. The number of methoxy groups -OCH3 is 2. The second-order valence-corrected chi connectivity index (χ2v) is 10.1. The molecule has 11 heteroatoms. The van der Waals surface area contributed by atoms with E-state index in [0.29, 0.717) is 17.6 Å². The van der Waals surface area contributed by atoms with Crippen LogP contribution >= 0.6 is 11.3 Å². The van der Waals surface area contributed by atoms with E-state index in [4.69, 9.17) is 18.9 Å². The molecule has 0 unspecified atom stereocenters. The first-order chi connectivity index (χ1) is 17.7. The molecule has 0 aliphatic rings. The van der Waals surface area contributed by atoms with E-state index in [1.807, 2.05) is 26.0 Å². The molecular weight excluding hydrogens is 494 g/mol. The highest BCUT2D eigenvalue weighted by molar-refractivity contribution is 7.11. The molecule has 37 heavy (non-hydrogen) atoms. The summed E-state index contributed by atoms with van der Waals surface area (Å²) in [6.45, 7) is 12.6. The number of carbonyl (C=O) groups is 1. The smallest absolute Gasteiger partial charge is 0.323 e. The van der Waals surface area contributed by atoms with Crippen LogP contribution in [0.5, 0.6) is 28.7 Å². The van der Waals surface area contributed by atoms with E-state index in [-0.39, 0.29) is 34.6 Å². The number of thiazole rings is 1. The van der Waals surface area contributed by atoms with Gasteiger partial charge < -0.3 is 29.6 Å². The summed E-state index contributed by atoms with van der Waals surface area (Å²) in [4.78, 5) is 25.9. The number of benzene rings is 1. The predicted molar refractivity (Wildman–Crippen MR) is 144 cm³/mol. The first-order valence-corrected chi connectivity index (χ1v) is 12.9. The van der Waals surface area contributed by atoms with Crippen LogP contribution in [0, 0.1) is 6.92 Å². The van der Waals surface area contributed by atoms with E-state index in [1.54, 1.807) is 5.38 Å². The summed E-state index contributed by atoms with van der Waals surface area (Å²) in [5, 5.41) is 7.93. The molecule has 3 rings (SSSR count). The molecule has 1 amide bonds. The maximum atomic E-state index is 13.0. The molecule has 2 aromatic heterocycles. The van der Waals surface area contributed by atoms with Crippen molar-refractivity contribution in [2.45, 2.75) is 46.5 Å². The van der Waals surface area contributed by atoms with Crippen LogP contribution in [0.3, 0.4) is 0 Å². The van der Waals surface area contributed by atoms with Crippen LogP contribution in [0.1, 0.15) is 55.7 Å². The zero-order valence-electron chi connectivity index (χ0n) is 22.4. The molecule has 3 aromatic rings. The minimum absolute atomic E-state index is 0.0211. The third kappa shape index (κ3) is 7.53. The van der Waals surface area contributed by atoms with Crippen LogP contribution in [-0.2, 0) is 5.41 Å². The minimum atomic E-state index is -0.481. The molecular formula is C26H35N5O5S. The summed E-state index contributed by atoms with van der Waals surface area (Å²) < 4.78 is 22.4. The lowest BCUT2D eigenvalue weighted by molar-refractivity contribution is 0.102. The van der Waals surface area contributed by atoms with Crippen LogP contribution in [0.4, 0.5) is 5.69 Å². The lowest BCUT2D eigenvalue weighted by atomic mass is 9.86. The van der Waals surface area contributed by atoms with E-state index in [1.165, 1.54) is 25.6 Å². The fourth-order valence-electron chi connectivity index (χ4n) is 3.26. The summed E-state index contributed by atoms with van der Waals surface area (Å²) in [7, 11) is 2.88. The van der Waals surface area contributed by atoms with Crippen molar-refractivity contribution >= 4 is 22.9 Å². The lowest BCUT2D eigenvalue weighted by Gasteiger charge is -2.20. The minimum Gasteiger partial charge on any atom is -0.479 e. The van der Waals surface area contributed by atoms with Crippen LogP contribution in [0.15, 0.2) is 23.6 Å². The van der Waals surface area contributed by atoms with Gasteiger partial charge in [-0.2, -0.15) is 15.0 Å². The maximum Gasteiger partial charge on any atom is 0.323 e. The predicted octanol–water partition coefficient (Wildman–Crippen LogP) is 4.98. The highest BCUT2D eigenvalue weighted by atomic mass is 32.1. The summed E-state index contributed by atoms with van der Waals surface area (Å²) >= 11 is 1.23. The molecule has 1 aromatic carbocycles. The third-order valence-corrected chi connectivity index (χ3v) is 6.11. The van der Waals surface area contributed by atoms with Gasteiger partial charge in [0.25, 0.3) is 11.1 Å². The van der Waals surface area contributed by atoms with Crippen molar-refractivity contribution in [2.24, 2.45) is 0 Å². The normalized spacial score (nSPS) is 11.2. The maximum absolute atomic E-state index is 13.0. The number of amides is 1. The van der Waals surface area contributed by atoms with Crippen molar-refractivity contribution in [3.05, 3.63) is 40.4 Å². The summed E-state index contributed by atoms with van der Waals surface area (Å²) in [6.07, 6.45) is 0.786. The van der Waals surface area contributed by atoms with Gasteiger partial charge in [0.05, 0.1) is 20.8 Å². The zero-order valence-corrected chi connectivity index (χ0v) is 23.2. The third-order valence-electron chi connectivity index (χ3n) is 5.39. The number of nitrogens with one attached hydrogen (secondary N) is 2. The molecule has 10 nitrogen and oxygen atoms in total. The lowest BCUT2D eigenvalue weighted by Crippen LogP contribution is -2.17. The number of rotatable bonds is 12. The van der Waals surface area contributed by atoms with Gasteiger partial charge in [0.2, 0.25) is 11.8 Å². The molecule has 0 aliphatic heterocycles. The van der Waals surface area contributed by atoms with Crippen LogP contribution < -0.4 is 29.6 Å². The number of anilines is 1. The number of ether oxygens (including phenoxy) is 4. The molecule has 0 fully saturated rings. The molecule has 2 N–H and O–H groups in total. The largest absolute Gasteiger partial charge is 0.479 e. The molecule has 0 radical (unpaired) electrons. The van der Waals surface area contributed by atoms with Gasteiger partial charge in [-0.05, 0) is 49.0 Å². The topological polar surface area (TPSA) is 117 Å². The first-order valence-electron chi connectivity index (χ1n) is 12.1. The van der Waals surface area contributed by atoms with Crippen LogP contribution in [0.25, 0.3) is 0 Å². The molecule has 0 saturated carbocycles. The Morgan fingerprint density at radius 2 is 1.78 bits per heavy atom. The highest BCUT2D eigenvalue weighted by Crippen LogP contribution is 2.35. The van der Waals surface area contributed by atoms with Crippen molar-refractivity contribution in [3.8, 4) is 28.7 Å². The van der Waals surface area contributed by atoms with Gasteiger partial charge in [-0.25, -0.2) is 0 Å². The van der Waals surface area contributed by atoms with Gasteiger partial charge >= 0.3 is 6.01 Å². The SMILES string of the molecule is CCNCCCOc1nc(OC)c(NC(=O)c2csc(Oc3cc(C(C)(C)C)ccc3C)n2)c(OC)n1. The second kappa shape index (κ2) is 12.7. The molecule has 0 bridgehead atoms. The number of nitrogens with zero attached hydrogens (tertiary/aromatic N) is 3. The van der Waals surface area contributed by atoms with E-state index in [2.05, 4.69) is 52.4 Å². The fraction of sp³-hybridized carbons (Fsp3) is 0.462. The Kier molecular flexibility index (Phi) is 9.65. The van der Waals surface area contributed by atoms with Gasteiger partial charge in [-0.1, -0.05) is 51.2 Å². The Balaban J connectivity index is 1.73. The standard InChI is InChI=1S/C26H35N5O5S/c1-8-27-12-9-13-35-24-30-22(33-6)20(23(31-24)34-7)29-21(32)18-15-37-25(28-18)36-19-14-17(26(3,4)5)11-10-16(19)2/h10-11,14-15,27H,8-9,12-13H2,1-7H3,(H,29,32). The fourth-order valence-corrected chi connectivity index (χ4v) is 3.92. The monoisotopic (exact) mass is 529 g/mol. The number of carbonyl (C=O) groups excluding carboxylic acids is 1. The van der Waals surface area contributed by atoms with Crippen molar-refractivity contribution in [1.29, 1.82) is 0 Å². The number of hydrogen-bond acceptors (Lipinski definition) is 10. The quantitative estimate of drug-likeness (QED) is 0.313. The van der Waals surface area contributed by atoms with E-state index >= 15 is 0 Å². The Hall–Kier alpha value is -3.44. The van der Waals surface area contributed by atoms with E-state index in [0.717, 1.165) is 30.6 Å². The molecule has 0 aliphatic carbocycles. The van der Waals surface area contributed by atoms with E-state index in [9.17, 15) is 4.79 Å². The number of hydrogen-bond donors (Lipinski definition) is 2. The Morgan fingerprint density at radius 1 is 1.08 bits per heavy atom. The molecule has 0 saturated heterocycles. The number of aryl methyl sites for hydroxylation is 1. The highest BCUT2D eigenvalue weighted by Gasteiger charge is 2.22. The van der Waals surface area contributed by atoms with Crippen molar-refractivity contribution in [3.63, 3.8) is 0 Å². The number of aromatic nitrogens is 3. The average Bonchev–Trinajstić information content (AvgIpc) is 3.33. The second-order valence-electron chi connectivity index (χ2n) is 9.24. The molecule has 0 spiro atoms. The molecule has 2 heterocycles. The molecule has 200 valence electrons. The Morgan fingerprint density at radius 3 is 2.41 bits per heavy atom. The first kappa shape index (κ1) is 28.1. The van der Waals surface area contributed by atoms with E-state index < -0.39 is 5.91 Å². The van der Waals surface area contributed by atoms with Crippen LogP contribution in [0.2, 0.25) is 0 Å². The summed E-state index contributed by atoms with van der Waals surface area (Å²) in [6, 6.07) is 6.21.